The van der Waals surface area contributed by atoms with E-state index in [1.165, 1.54) is 19.3 Å². The number of carbonyl (C=O) groups excluding carboxylic acids is 3. The van der Waals surface area contributed by atoms with Gasteiger partial charge >= 0.3 is 27.6 Å². The van der Waals surface area contributed by atoms with E-state index in [2.05, 4.69) is 53.3 Å². The Kier molecular flexibility index (Phi) is 32.5. The van der Waals surface area contributed by atoms with Crippen LogP contribution in [0.5, 0.6) is 0 Å². The highest BCUT2D eigenvalue weighted by molar-refractivity contribution is 7.47. The second-order valence-electron chi connectivity index (χ2n) is 15.9. The van der Waals surface area contributed by atoms with Gasteiger partial charge in [0.1, 0.15) is 18.5 Å². The smallest absolute Gasteiger partial charge is 0.462 e. The Morgan fingerprint density at radius 2 is 1.22 bits per heavy atom. The molecule has 7 N–H and O–H groups in total. The van der Waals surface area contributed by atoms with E-state index in [1.807, 2.05) is 6.08 Å². The number of unbranched alkanes of at least 4 members (excludes halogenated alkanes) is 8. The summed E-state index contributed by atoms with van der Waals surface area (Å²) in [7, 11) is -9.84. The van der Waals surface area contributed by atoms with E-state index >= 15 is 0 Å². The van der Waals surface area contributed by atoms with Gasteiger partial charge in [0, 0.05) is 43.9 Å². The molecule has 8 atom stereocenters. The topological polar surface area (TPSA) is 273 Å². The van der Waals surface area contributed by atoms with E-state index in [4.69, 9.17) is 23.8 Å². The van der Waals surface area contributed by atoms with Crippen molar-refractivity contribution in [2.45, 2.75) is 173 Å². The summed E-state index contributed by atoms with van der Waals surface area (Å²) >= 11 is 0. The summed E-state index contributed by atoms with van der Waals surface area (Å²) in [6.45, 7) is 1.14. The normalized spacial score (nSPS) is 20.8. The number of allylic oxidation sites excluding steroid dienone is 6. The quantitative estimate of drug-likeness (QED) is 0.0142. The SMILES string of the molecule is CCCCC/C=C\C/C=C\C/C=C\CCCCC(=O)OC[C@H](COP(=O)(O)OC[C@@H](O)COP(=O)(O)O)OC(=O)CCCCC(=O)C[C@@H]1[C@@H](/C=C/[C@@H](O)CCCCC)[C@H](O)C[C@@H]1O. The first-order valence-electron chi connectivity index (χ1n) is 22.5. The molecule has 1 saturated carbocycles. The van der Waals surface area contributed by atoms with Crippen LogP contribution >= 0.6 is 15.6 Å². The molecule has 0 aromatic carbocycles. The standard InChI is InChI=1S/C44H76O17P2/c1-3-5-7-8-9-10-11-12-13-14-15-16-17-18-20-25-43(50)57-33-38(34-60-63(55,56)59-32-37(47)31-58-62(52,53)54)61-44(51)26-22-21-24-36(46)29-40-39(41(48)30-42(40)49)28-27-35(45)23-19-6-4-2/h9-10,12-13,15-16,27-28,35,37-42,45,47-49H,3-8,11,14,17-26,29-34H2,1-2H3,(H,55,56)(H2,52,53,54)/b10-9-,13-12-,16-15-,28-27+/t35-,37-,38+,39+,40+,41+,42-/m0/s1. The van der Waals surface area contributed by atoms with E-state index in [0.29, 0.717) is 19.3 Å². The van der Waals surface area contributed by atoms with E-state index < -0.39 is 96.4 Å². The van der Waals surface area contributed by atoms with Crippen LogP contribution in [0.25, 0.3) is 0 Å². The molecule has 0 spiro atoms. The number of ketones is 1. The Balaban J connectivity index is 2.63. The van der Waals surface area contributed by atoms with E-state index in [-0.39, 0.29) is 44.3 Å². The molecule has 0 aromatic rings. The first-order chi connectivity index (χ1) is 30.0. The Hall–Kier alpha value is -2.37. The molecule has 1 rings (SSSR count). The van der Waals surface area contributed by atoms with Crippen LogP contribution in [0.3, 0.4) is 0 Å². The summed E-state index contributed by atoms with van der Waals surface area (Å²) in [5.74, 6) is -2.55. The molecule has 1 aliphatic carbocycles. The summed E-state index contributed by atoms with van der Waals surface area (Å²) in [5.41, 5.74) is 0. The predicted molar refractivity (Wildman–Crippen MR) is 237 cm³/mol. The molecule has 0 radical (unpaired) electrons. The lowest BCUT2D eigenvalue weighted by Gasteiger charge is -2.21. The molecule has 0 heterocycles. The molecular weight excluding hydrogens is 862 g/mol. The van der Waals surface area contributed by atoms with Crippen LogP contribution < -0.4 is 0 Å². The van der Waals surface area contributed by atoms with Gasteiger partial charge in [0.2, 0.25) is 0 Å². The Morgan fingerprint density at radius 1 is 0.667 bits per heavy atom. The van der Waals surface area contributed by atoms with Crippen molar-refractivity contribution in [1.29, 1.82) is 0 Å². The highest BCUT2D eigenvalue weighted by Gasteiger charge is 2.41. The molecule has 63 heavy (non-hydrogen) atoms. The van der Waals surface area contributed by atoms with Crippen molar-refractivity contribution in [2.24, 2.45) is 11.8 Å². The molecule has 19 heteroatoms. The fraction of sp³-hybridized carbons (Fsp3) is 0.750. The number of phosphoric acid groups is 2. The van der Waals surface area contributed by atoms with Crippen molar-refractivity contribution in [3.8, 4) is 0 Å². The molecule has 1 fully saturated rings. The minimum atomic E-state index is -4.92. The molecule has 1 aliphatic rings. The summed E-state index contributed by atoms with van der Waals surface area (Å²) in [5, 5.41) is 41.1. The van der Waals surface area contributed by atoms with Gasteiger partial charge in [-0.3, -0.25) is 28.0 Å². The lowest BCUT2D eigenvalue weighted by molar-refractivity contribution is -0.161. The van der Waals surface area contributed by atoms with Gasteiger partial charge in [-0.25, -0.2) is 9.13 Å². The summed E-state index contributed by atoms with van der Waals surface area (Å²) in [6.07, 6.45) is 23.1. The first kappa shape index (κ1) is 58.6. The van der Waals surface area contributed by atoms with Crippen molar-refractivity contribution in [2.75, 3.05) is 26.4 Å². The van der Waals surface area contributed by atoms with Crippen molar-refractivity contribution < 1.29 is 81.7 Å². The van der Waals surface area contributed by atoms with Gasteiger partial charge in [0.05, 0.1) is 38.1 Å². The number of esters is 2. The van der Waals surface area contributed by atoms with Crippen LogP contribution in [0, 0.1) is 11.8 Å². The largest absolute Gasteiger partial charge is 0.472 e. The fourth-order valence-corrected chi connectivity index (χ4v) is 7.80. The van der Waals surface area contributed by atoms with Gasteiger partial charge in [-0.15, -0.1) is 0 Å². The third kappa shape index (κ3) is 32.0. The number of aliphatic hydroxyl groups excluding tert-OH is 4. The summed E-state index contributed by atoms with van der Waals surface area (Å²) in [4.78, 5) is 65.8. The fourth-order valence-electron chi connectivity index (χ4n) is 6.64. The molecule has 0 bridgehead atoms. The molecule has 0 amide bonds. The lowest BCUT2D eigenvalue weighted by atomic mass is 9.87. The van der Waals surface area contributed by atoms with E-state index in [9.17, 15) is 48.8 Å². The minimum absolute atomic E-state index is 0.0112. The lowest BCUT2D eigenvalue weighted by Crippen LogP contribution is -2.30. The zero-order valence-electron chi connectivity index (χ0n) is 37.2. The van der Waals surface area contributed by atoms with Crippen LogP contribution in [0.1, 0.15) is 142 Å². The number of phosphoric ester groups is 2. The highest BCUT2D eigenvalue weighted by atomic mass is 31.2. The molecule has 1 unspecified atom stereocenters. The maximum atomic E-state index is 12.9. The van der Waals surface area contributed by atoms with Gasteiger partial charge in [-0.2, -0.15) is 0 Å². The number of ether oxygens (including phenoxy) is 2. The van der Waals surface area contributed by atoms with E-state index in [0.717, 1.165) is 51.4 Å². The summed E-state index contributed by atoms with van der Waals surface area (Å²) < 4.78 is 47.6. The second-order valence-corrected chi connectivity index (χ2v) is 18.6. The van der Waals surface area contributed by atoms with Crippen LogP contribution in [0.15, 0.2) is 48.6 Å². The van der Waals surface area contributed by atoms with Crippen LogP contribution in [0.2, 0.25) is 0 Å². The van der Waals surface area contributed by atoms with Crippen molar-refractivity contribution >= 4 is 33.4 Å². The molecule has 17 nitrogen and oxygen atoms in total. The third-order valence-corrected chi connectivity index (χ3v) is 11.6. The van der Waals surface area contributed by atoms with Gasteiger partial charge in [0.15, 0.2) is 6.10 Å². The van der Waals surface area contributed by atoms with Gasteiger partial charge in [-0.1, -0.05) is 94.6 Å². The zero-order valence-corrected chi connectivity index (χ0v) is 39.0. The number of rotatable bonds is 38. The predicted octanol–water partition coefficient (Wildman–Crippen LogP) is 7.01. The Morgan fingerprint density at radius 3 is 1.87 bits per heavy atom. The molecule has 364 valence electrons. The Labute approximate surface area is 373 Å². The van der Waals surface area contributed by atoms with Gasteiger partial charge < -0.3 is 44.6 Å². The number of aliphatic hydroxyl groups is 4. The van der Waals surface area contributed by atoms with Crippen LogP contribution in [-0.2, 0) is 46.6 Å². The second kappa shape index (κ2) is 34.9. The van der Waals surface area contributed by atoms with Gasteiger partial charge in [-0.05, 0) is 64.2 Å². The number of hydrogen-bond acceptors (Lipinski definition) is 14. The third-order valence-electron chi connectivity index (χ3n) is 10.2. The summed E-state index contributed by atoms with van der Waals surface area (Å²) in [6, 6.07) is 0. The van der Waals surface area contributed by atoms with E-state index in [1.54, 1.807) is 12.2 Å². The maximum absolute atomic E-state index is 12.9. The van der Waals surface area contributed by atoms with Crippen molar-refractivity contribution in [1.82, 2.24) is 0 Å². The molecule has 0 aromatic heterocycles. The average molecular weight is 939 g/mol. The highest BCUT2D eigenvalue weighted by Crippen LogP contribution is 2.44. The van der Waals surface area contributed by atoms with Crippen LogP contribution in [-0.4, -0.2) is 110 Å². The number of carbonyl (C=O) groups is 3. The molecular formula is C44H76O17P2. The minimum Gasteiger partial charge on any atom is -0.462 e. The van der Waals surface area contributed by atoms with Crippen molar-refractivity contribution in [3.05, 3.63) is 48.6 Å². The average Bonchev–Trinajstić information content (AvgIpc) is 3.49. The van der Waals surface area contributed by atoms with Crippen molar-refractivity contribution in [3.63, 3.8) is 0 Å². The maximum Gasteiger partial charge on any atom is 0.472 e. The van der Waals surface area contributed by atoms with Crippen LogP contribution in [0.4, 0.5) is 0 Å². The first-order valence-corrected chi connectivity index (χ1v) is 25.5. The Bertz CT molecular complexity index is 1480. The number of hydrogen-bond donors (Lipinski definition) is 7. The number of Topliss-reactive ketones (excluding diaryl/α,β-unsaturated/α-hetero) is 1. The zero-order chi connectivity index (χ0) is 46.9. The molecule has 0 saturated heterocycles. The molecule has 0 aliphatic heterocycles. The van der Waals surface area contributed by atoms with Gasteiger partial charge in [0.25, 0.3) is 0 Å². The monoisotopic (exact) mass is 938 g/mol.